The van der Waals surface area contributed by atoms with Gasteiger partial charge in [0, 0.05) is 18.0 Å². The molecule has 3 rings (SSSR count). The van der Waals surface area contributed by atoms with Crippen molar-refractivity contribution in [2.24, 2.45) is 0 Å². The van der Waals surface area contributed by atoms with E-state index in [9.17, 15) is 5.26 Å². The fourth-order valence-corrected chi connectivity index (χ4v) is 2.22. The van der Waals surface area contributed by atoms with Crippen LogP contribution in [0.25, 0.3) is 16.9 Å². The van der Waals surface area contributed by atoms with Gasteiger partial charge in [0.2, 0.25) is 0 Å². The number of pyridine rings is 1. The third-order valence-corrected chi connectivity index (χ3v) is 3.62. The molecule has 3 aromatic rings. The summed E-state index contributed by atoms with van der Waals surface area (Å²) in [5.74, 6) is 0. The van der Waals surface area contributed by atoms with Crippen molar-refractivity contribution in [2.75, 3.05) is 0 Å². The van der Waals surface area contributed by atoms with Gasteiger partial charge in [0.15, 0.2) is 5.69 Å². The van der Waals surface area contributed by atoms with Crippen molar-refractivity contribution in [1.29, 1.82) is 5.26 Å². The van der Waals surface area contributed by atoms with Gasteiger partial charge in [-0.05, 0) is 30.3 Å². The zero-order valence-electron chi connectivity index (χ0n) is 10.5. The first kappa shape index (κ1) is 13.6. The molecule has 5 nitrogen and oxygen atoms in total. The van der Waals surface area contributed by atoms with Crippen LogP contribution in [0.3, 0.4) is 0 Å². The van der Waals surface area contributed by atoms with E-state index < -0.39 is 0 Å². The molecule has 0 N–H and O–H groups in total. The Kier molecular flexibility index (Phi) is 3.57. The minimum absolute atomic E-state index is 0.229. The number of benzene rings is 1. The van der Waals surface area contributed by atoms with Gasteiger partial charge in [0.05, 0.1) is 15.7 Å². The van der Waals surface area contributed by atoms with Gasteiger partial charge in [-0.25, -0.2) is 4.68 Å². The van der Waals surface area contributed by atoms with Gasteiger partial charge in [0.1, 0.15) is 11.8 Å². The molecule has 7 heteroatoms. The van der Waals surface area contributed by atoms with Crippen LogP contribution in [-0.2, 0) is 0 Å². The molecule has 2 aromatic heterocycles. The van der Waals surface area contributed by atoms with Gasteiger partial charge in [-0.2, -0.15) is 5.26 Å². The van der Waals surface area contributed by atoms with Crippen LogP contribution in [0.4, 0.5) is 0 Å². The molecule has 0 saturated carbocycles. The van der Waals surface area contributed by atoms with Crippen molar-refractivity contribution >= 4 is 23.2 Å². The first-order valence-electron chi connectivity index (χ1n) is 5.92. The van der Waals surface area contributed by atoms with Gasteiger partial charge in [-0.15, -0.1) is 5.10 Å². The number of hydrogen-bond donors (Lipinski definition) is 0. The maximum Gasteiger partial charge on any atom is 0.191 e. The van der Waals surface area contributed by atoms with Gasteiger partial charge < -0.3 is 0 Å². The van der Waals surface area contributed by atoms with E-state index in [-0.39, 0.29) is 5.69 Å². The zero-order valence-corrected chi connectivity index (χ0v) is 12.0. The molecule has 1 aromatic carbocycles. The maximum atomic E-state index is 9.21. The van der Waals surface area contributed by atoms with Gasteiger partial charge >= 0.3 is 0 Å². The summed E-state index contributed by atoms with van der Waals surface area (Å²) >= 11 is 12.0. The van der Waals surface area contributed by atoms with E-state index in [4.69, 9.17) is 23.2 Å². The molecule has 2 heterocycles. The highest BCUT2D eigenvalue weighted by Crippen LogP contribution is 2.28. The summed E-state index contributed by atoms with van der Waals surface area (Å²) < 4.78 is 1.55. The Morgan fingerprint density at radius 1 is 1.05 bits per heavy atom. The Labute approximate surface area is 130 Å². The smallest absolute Gasteiger partial charge is 0.191 e. The minimum Gasteiger partial charge on any atom is -0.265 e. The molecular formula is C14H7Cl2N5. The standard InChI is InChI=1S/C14H7Cl2N5/c15-11-2-1-10(7-12(11)16)21-14(13(8-17)19-20-21)9-3-5-18-6-4-9/h1-7H. The summed E-state index contributed by atoms with van der Waals surface area (Å²) in [4.78, 5) is 3.97. The summed E-state index contributed by atoms with van der Waals surface area (Å²) in [5, 5.41) is 18.0. The largest absolute Gasteiger partial charge is 0.265 e. The number of aromatic nitrogens is 4. The third kappa shape index (κ3) is 2.47. The Balaban J connectivity index is 2.23. The molecule has 0 amide bonds. The van der Waals surface area contributed by atoms with Crippen LogP contribution in [0.2, 0.25) is 10.0 Å². The quantitative estimate of drug-likeness (QED) is 0.725. The molecule has 0 aliphatic carbocycles. The fraction of sp³-hybridized carbons (Fsp3) is 0. The summed E-state index contributed by atoms with van der Waals surface area (Å²) in [6.45, 7) is 0. The molecule has 0 spiro atoms. The lowest BCUT2D eigenvalue weighted by molar-refractivity contribution is 0.806. The number of nitriles is 1. The molecule has 0 unspecified atom stereocenters. The van der Waals surface area contributed by atoms with E-state index in [1.165, 1.54) is 0 Å². The summed E-state index contributed by atoms with van der Waals surface area (Å²) in [6.07, 6.45) is 3.28. The minimum atomic E-state index is 0.229. The van der Waals surface area contributed by atoms with Gasteiger partial charge in [-0.1, -0.05) is 28.4 Å². The average molecular weight is 316 g/mol. The molecule has 102 valence electrons. The molecule has 0 aliphatic rings. The van der Waals surface area contributed by atoms with Crippen molar-refractivity contribution in [2.45, 2.75) is 0 Å². The highest BCUT2D eigenvalue weighted by atomic mass is 35.5. The summed E-state index contributed by atoms with van der Waals surface area (Å²) in [5.41, 5.74) is 2.27. The Morgan fingerprint density at radius 3 is 2.48 bits per heavy atom. The lowest BCUT2D eigenvalue weighted by Gasteiger charge is -2.07. The molecule has 21 heavy (non-hydrogen) atoms. The van der Waals surface area contributed by atoms with Crippen LogP contribution in [0, 0.1) is 11.3 Å². The SMILES string of the molecule is N#Cc1nnn(-c2ccc(Cl)c(Cl)c2)c1-c1ccncc1. The zero-order chi connectivity index (χ0) is 14.8. The maximum absolute atomic E-state index is 9.21. The van der Waals surface area contributed by atoms with Crippen LogP contribution in [0.15, 0.2) is 42.7 Å². The van der Waals surface area contributed by atoms with Crippen molar-refractivity contribution in [1.82, 2.24) is 20.0 Å². The molecule has 0 aliphatic heterocycles. The number of nitrogens with zero attached hydrogens (tertiary/aromatic N) is 5. The van der Waals surface area contributed by atoms with Crippen molar-refractivity contribution in [3.8, 4) is 23.0 Å². The second-order valence-corrected chi connectivity index (χ2v) is 4.96. The summed E-state index contributed by atoms with van der Waals surface area (Å²) in [6, 6.07) is 10.7. The molecule has 0 saturated heterocycles. The first-order chi connectivity index (χ1) is 10.2. The average Bonchev–Trinajstić information content (AvgIpc) is 2.95. The monoisotopic (exact) mass is 315 g/mol. The number of halogens is 2. The first-order valence-corrected chi connectivity index (χ1v) is 6.68. The Bertz CT molecular complexity index is 836. The number of hydrogen-bond acceptors (Lipinski definition) is 4. The van der Waals surface area contributed by atoms with E-state index in [0.717, 1.165) is 5.56 Å². The highest BCUT2D eigenvalue weighted by Gasteiger charge is 2.16. The normalized spacial score (nSPS) is 10.3. The van der Waals surface area contributed by atoms with Crippen molar-refractivity contribution < 1.29 is 0 Å². The van der Waals surface area contributed by atoms with Gasteiger partial charge in [0.25, 0.3) is 0 Å². The summed E-state index contributed by atoms with van der Waals surface area (Å²) in [7, 11) is 0. The second-order valence-electron chi connectivity index (χ2n) is 4.14. The van der Waals surface area contributed by atoms with E-state index in [0.29, 0.717) is 21.4 Å². The Hall–Kier alpha value is -2.42. The van der Waals surface area contributed by atoms with E-state index in [1.54, 1.807) is 47.4 Å². The van der Waals surface area contributed by atoms with Crippen LogP contribution >= 0.6 is 23.2 Å². The molecular weight excluding hydrogens is 309 g/mol. The second kappa shape index (κ2) is 5.52. The van der Waals surface area contributed by atoms with E-state index in [1.807, 2.05) is 6.07 Å². The lowest BCUT2D eigenvalue weighted by Crippen LogP contribution is -2.00. The van der Waals surface area contributed by atoms with Gasteiger partial charge in [-0.3, -0.25) is 4.98 Å². The molecule has 0 radical (unpaired) electrons. The lowest BCUT2D eigenvalue weighted by atomic mass is 10.1. The molecule has 0 bridgehead atoms. The fourth-order valence-electron chi connectivity index (χ4n) is 1.92. The van der Waals surface area contributed by atoms with Crippen molar-refractivity contribution in [3.05, 3.63) is 58.5 Å². The molecule has 0 fully saturated rings. The third-order valence-electron chi connectivity index (χ3n) is 2.88. The molecule has 0 atom stereocenters. The van der Waals surface area contributed by atoms with Crippen LogP contribution in [-0.4, -0.2) is 20.0 Å². The predicted molar refractivity (Wildman–Crippen MR) is 79.3 cm³/mol. The van der Waals surface area contributed by atoms with E-state index >= 15 is 0 Å². The topological polar surface area (TPSA) is 67.4 Å². The van der Waals surface area contributed by atoms with Crippen molar-refractivity contribution in [3.63, 3.8) is 0 Å². The van der Waals surface area contributed by atoms with Crippen LogP contribution < -0.4 is 0 Å². The predicted octanol–water partition coefficient (Wildman–Crippen LogP) is 3.51. The van der Waals surface area contributed by atoms with Crippen LogP contribution in [0.5, 0.6) is 0 Å². The highest BCUT2D eigenvalue weighted by molar-refractivity contribution is 6.42. The van der Waals surface area contributed by atoms with E-state index in [2.05, 4.69) is 15.3 Å². The van der Waals surface area contributed by atoms with Crippen LogP contribution in [0.1, 0.15) is 5.69 Å². The Morgan fingerprint density at radius 2 is 1.81 bits per heavy atom. The number of rotatable bonds is 2.